The third-order valence-corrected chi connectivity index (χ3v) is 4.59. The van der Waals surface area contributed by atoms with Gasteiger partial charge in [0.15, 0.2) is 0 Å². The molecule has 6 heteroatoms. The van der Waals surface area contributed by atoms with E-state index in [1.54, 1.807) is 6.26 Å². The molecule has 1 fully saturated rings. The maximum absolute atomic E-state index is 11.7. The van der Waals surface area contributed by atoms with Crippen LogP contribution >= 0.6 is 0 Å². The van der Waals surface area contributed by atoms with Crippen molar-refractivity contribution in [1.29, 1.82) is 0 Å². The molecule has 0 bridgehead atoms. The van der Waals surface area contributed by atoms with Gasteiger partial charge in [0.1, 0.15) is 5.76 Å². The van der Waals surface area contributed by atoms with Crippen molar-refractivity contribution in [3.63, 3.8) is 0 Å². The maximum atomic E-state index is 11.7. The monoisotopic (exact) mass is 272 g/mol. The zero-order valence-corrected chi connectivity index (χ0v) is 11.2. The summed E-state index contributed by atoms with van der Waals surface area (Å²) in [6.07, 6.45) is 5.14. The maximum Gasteiger partial charge on any atom is 0.212 e. The Hall–Kier alpha value is -0.850. The van der Waals surface area contributed by atoms with Gasteiger partial charge in [-0.2, -0.15) is 0 Å². The van der Waals surface area contributed by atoms with Crippen LogP contribution < -0.4 is 10.0 Å². The number of rotatable bonds is 8. The molecule has 0 amide bonds. The lowest BCUT2D eigenvalue weighted by Gasteiger charge is -2.25. The van der Waals surface area contributed by atoms with Gasteiger partial charge in [-0.05, 0) is 30.9 Å². The van der Waals surface area contributed by atoms with Gasteiger partial charge in [-0.15, -0.1) is 0 Å². The minimum atomic E-state index is -3.14. The summed E-state index contributed by atoms with van der Waals surface area (Å²) < 4.78 is 31.1. The van der Waals surface area contributed by atoms with E-state index in [1.807, 2.05) is 12.1 Å². The summed E-state index contributed by atoms with van der Waals surface area (Å²) >= 11 is 0. The molecule has 1 heterocycles. The van der Waals surface area contributed by atoms with Gasteiger partial charge < -0.3 is 9.73 Å². The van der Waals surface area contributed by atoms with Gasteiger partial charge in [0.05, 0.1) is 18.6 Å². The first-order valence-electron chi connectivity index (χ1n) is 6.36. The fourth-order valence-corrected chi connectivity index (χ4v) is 2.89. The molecule has 0 atom stereocenters. The van der Waals surface area contributed by atoms with E-state index in [0.29, 0.717) is 25.6 Å². The Morgan fingerprint density at radius 3 is 2.83 bits per heavy atom. The fraction of sp³-hybridized carbons (Fsp3) is 0.667. The summed E-state index contributed by atoms with van der Waals surface area (Å²) in [5, 5.41) is 3.05. The Kier molecular flexibility index (Phi) is 4.79. The number of sulfonamides is 1. The Bertz CT molecular complexity index is 438. The lowest BCUT2D eigenvalue weighted by molar-refractivity contribution is 0.316. The van der Waals surface area contributed by atoms with Crippen molar-refractivity contribution in [1.82, 2.24) is 10.0 Å². The van der Waals surface area contributed by atoms with E-state index in [4.69, 9.17) is 4.42 Å². The van der Waals surface area contributed by atoms with Crippen LogP contribution in [0.25, 0.3) is 0 Å². The highest BCUT2D eigenvalue weighted by molar-refractivity contribution is 7.89. The van der Waals surface area contributed by atoms with Crippen molar-refractivity contribution in [2.75, 3.05) is 18.8 Å². The molecular formula is C12H20N2O3S. The van der Waals surface area contributed by atoms with Crippen molar-refractivity contribution >= 4 is 10.0 Å². The van der Waals surface area contributed by atoms with Gasteiger partial charge in [0.2, 0.25) is 10.0 Å². The Morgan fingerprint density at radius 1 is 1.39 bits per heavy atom. The van der Waals surface area contributed by atoms with Crippen molar-refractivity contribution in [2.45, 2.75) is 25.8 Å². The summed E-state index contributed by atoms with van der Waals surface area (Å²) in [5.41, 5.74) is 0. The zero-order valence-electron chi connectivity index (χ0n) is 10.4. The minimum Gasteiger partial charge on any atom is -0.468 e. The molecule has 1 aliphatic carbocycles. The molecule has 2 rings (SSSR count). The third-order valence-electron chi connectivity index (χ3n) is 3.24. The molecule has 0 saturated heterocycles. The average Bonchev–Trinajstić information content (AvgIpc) is 2.75. The van der Waals surface area contributed by atoms with Gasteiger partial charge in [0.25, 0.3) is 0 Å². The molecule has 5 nitrogen and oxygen atoms in total. The standard InChI is InChI=1S/C12H20N2O3S/c15-18(16,14-9-11-3-1-4-11)8-6-13-10-12-5-2-7-17-12/h2,5,7,11,13-14H,1,3-4,6,8-10H2. The first-order valence-corrected chi connectivity index (χ1v) is 8.01. The summed E-state index contributed by atoms with van der Waals surface area (Å²) in [5.74, 6) is 1.48. The molecule has 0 spiro atoms. The first-order chi connectivity index (χ1) is 8.66. The molecule has 1 aromatic heterocycles. The molecule has 1 aliphatic rings. The highest BCUT2D eigenvalue weighted by atomic mass is 32.2. The van der Waals surface area contributed by atoms with Gasteiger partial charge in [-0.3, -0.25) is 0 Å². The smallest absolute Gasteiger partial charge is 0.212 e. The Morgan fingerprint density at radius 2 is 2.22 bits per heavy atom. The summed E-state index contributed by atoms with van der Waals surface area (Å²) in [6.45, 7) is 1.59. The fourth-order valence-electron chi connectivity index (χ4n) is 1.85. The molecule has 0 aliphatic heterocycles. The van der Waals surface area contributed by atoms with Crippen LogP contribution in [0.15, 0.2) is 22.8 Å². The van der Waals surface area contributed by atoms with E-state index in [0.717, 1.165) is 18.6 Å². The molecule has 0 unspecified atom stereocenters. The molecule has 2 N–H and O–H groups in total. The second-order valence-electron chi connectivity index (χ2n) is 4.72. The van der Waals surface area contributed by atoms with Gasteiger partial charge in [-0.1, -0.05) is 6.42 Å². The summed E-state index contributed by atoms with van der Waals surface area (Å²) in [7, 11) is -3.14. The highest BCUT2D eigenvalue weighted by Gasteiger charge is 2.19. The van der Waals surface area contributed by atoms with Crippen LogP contribution in [0.5, 0.6) is 0 Å². The molecular weight excluding hydrogens is 252 g/mol. The van der Waals surface area contributed by atoms with Crippen LogP contribution in [0.4, 0.5) is 0 Å². The number of furan rings is 1. The summed E-state index contributed by atoms with van der Waals surface area (Å²) in [6, 6.07) is 3.67. The lowest BCUT2D eigenvalue weighted by atomic mass is 9.86. The van der Waals surface area contributed by atoms with Crippen LogP contribution in [-0.2, 0) is 16.6 Å². The normalized spacial score (nSPS) is 16.7. The molecule has 1 saturated carbocycles. The zero-order chi connectivity index (χ0) is 12.8. The highest BCUT2D eigenvalue weighted by Crippen LogP contribution is 2.25. The van der Waals surface area contributed by atoms with Crippen molar-refractivity contribution in [3.8, 4) is 0 Å². The second kappa shape index (κ2) is 6.36. The van der Waals surface area contributed by atoms with Crippen LogP contribution in [0.3, 0.4) is 0 Å². The minimum absolute atomic E-state index is 0.112. The third kappa shape index (κ3) is 4.44. The van der Waals surface area contributed by atoms with Crippen LogP contribution in [-0.4, -0.2) is 27.3 Å². The van der Waals surface area contributed by atoms with Gasteiger partial charge in [-0.25, -0.2) is 13.1 Å². The Balaban J connectivity index is 1.59. The quantitative estimate of drug-likeness (QED) is 0.695. The predicted octanol–water partition coefficient (Wildman–Crippen LogP) is 1.09. The van der Waals surface area contributed by atoms with Crippen molar-refractivity contribution in [3.05, 3.63) is 24.2 Å². The van der Waals surface area contributed by atoms with E-state index in [1.165, 1.54) is 6.42 Å². The van der Waals surface area contributed by atoms with Crippen molar-refractivity contribution < 1.29 is 12.8 Å². The largest absolute Gasteiger partial charge is 0.468 e. The predicted molar refractivity (Wildman–Crippen MR) is 69.5 cm³/mol. The van der Waals surface area contributed by atoms with E-state index >= 15 is 0 Å². The van der Waals surface area contributed by atoms with E-state index in [9.17, 15) is 8.42 Å². The average molecular weight is 272 g/mol. The molecule has 0 radical (unpaired) electrons. The van der Waals surface area contributed by atoms with Gasteiger partial charge >= 0.3 is 0 Å². The van der Waals surface area contributed by atoms with Crippen LogP contribution in [0.1, 0.15) is 25.0 Å². The van der Waals surface area contributed by atoms with Crippen LogP contribution in [0, 0.1) is 5.92 Å². The van der Waals surface area contributed by atoms with Crippen LogP contribution in [0.2, 0.25) is 0 Å². The number of hydrogen-bond acceptors (Lipinski definition) is 4. The first kappa shape index (κ1) is 13.6. The molecule has 0 aromatic carbocycles. The van der Waals surface area contributed by atoms with Crippen molar-refractivity contribution in [2.24, 2.45) is 5.92 Å². The lowest BCUT2D eigenvalue weighted by Crippen LogP contribution is -2.36. The number of hydrogen-bond donors (Lipinski definition) is 2. The van der Waals surface area contributed by atoms with E-state index in [-0.39, 0.29) is 5.75 Å². The van der Waals surface area contributed by atoms with E-state index in [2.05, 4.69) is 10.0 Å². The number of nitrogens with one attached hydrogen (secondary N) is 2. The summed E-state index contributed by atoms with van der Waals surface area (Å²) in [4.78, 5) is 0. The topological polar surface area (TPSA) is 71.3 Å². The second-order valence-corrected chi connectivity index (χ2v) is 6.65. The molecule has 18 heavy (non-hydrogen) atoms. The SMILES string of the molecule is O=S(=O)(CCNCc1ccco1)NCC1CCC1. The Labute approximate surface area is 108 Å². The molecule has 102 valence electrons. The van der Waals surface area contributed by atoms with E-state index < -0.39 is 10.0 Å². The molecule has 1 aromatic rings. The van der Waals surface area contributed by atoms with Gasteiger partial charge in [0, 0.05) is 13.1 Å².